The molecule has 0 bridgehead atoms. The SMILES string of the molecule is FC(F)(F)c1ccc(N=Nc2cccc(Br)c2)cc1. The van der Waals surface area contributed by atoms with Crippen molar-refractivity contribution in [3.8, 4) is 0 Å². The quantitative estimate of drug-likeness (QED) is 0.614. The maximum atomic E-state index is 12.4. The average Bonchev–Trinajstić information content (AvgIpc) is 2.36. The van der Waals surface area contributed by atoms with Gasteiger partial charge in [0.25, 0.3) is 0 Å². The molecule has 0 amide bonds. The number of hydrogen-bond acceptors (Lipinski definition) is 2. The number of nitrogens with zero attached hydrogens (tertiary/aromatic N) is 2. The van der Waals surface area contributed by atoms with E-state index in [1.165, 1.54) is 12.1 Å². The fraction of sp³-hybridized carbons (Fsp3) is 0.0769. The lowest BCUT2D eigenvalue weighted by Crippen LogP contribution is -2.03. The Hall–Kier alpha value is -1.69. The molecule has 0 atom stereocenters. The summed E-state index contributed by atoms with van der Waals surface area (Å²) in [6.45, 7) is 0. The number of azo groups is 1. The first-order valence-corrected chi connectivity index (χ1v) is 6.09. The van der Waals surface area contributed by atoms with E-state index in [1.54, 1.807) is 18.2 Å². The number of alkyl halides is 3. The Bertz CT molecular complexity index is 592. The van der Waals surface area contributed by atoms with Gasteiger partial charge in [0.15, 0.2) is 0 Å². The zero-order valence-corrected chi connectivity index (χ0v) is 11.1. The Labute approximate surface area is 116 Å². The third-order valence-electron chi connectivity index (χ3n) is 2.28. The summed E-state index contributed by atoms with van der Waals surface area (Å²) in [5, 5.41) is 7.82. The summed E-state index contributed by atoms with van der Waals surface area (Å²) in [5.41, 5.74) is 0.288. The molecule has 0 saturated heterocycles. The topological polar surface area (TPSA) is 24.7 Å². The van der Waals surface area contributed by atoms with Crippen molar-refractivity contribution in [2.45, 2.75) is 6.18 Å². The van der Waals surface area contributed by atoms with Crippen molar-refractivity contribution in [3.63, 3.8) is 0 Å². The van der Waals surface area contributed by atoms with Gasteiger partial charge in [0, 0.05) is 4.47 Å². The number of benzene rings is 2. The predicted octanol–water partition coefficient (Wildman–Crippen LogP) is 5.88. The third kappa shape index (κ3) is 3.89. The summed E-state index contributed by atoms with van der Waals surface area (Å²) in [4.78, 5) is 0. The molecule has 6 heteroatoms. The fourth-order valence-corrected chi connectivity index (χ4v) is 1.76. The van der Waals surface area contributed by atoms with Crippen molar-refractivity contribution in [2.24, 2.45) is 10.2 Å². The van der Waals surface area contributed by atoms with Crippen LogP contribution >= 0.6 is 15.9 Å². The maximum absolute atomic E-state index is 12.4. The molecule has 2 rings (SSSR count). The van der Waals surface area contributed by atoms with E-state index in [9.17, 15) is 13.2 Å². The molecule has 19 heavy (non-hydrogen) atoms. The van der Waals surface area contributed by atoms with Crippen LogP contribution in [0.25, 0.3) is 0 Å². The lowest BCUT2D eigenvalue weighted by atomic mass is 10.2. The van der Waals surface area contributed by atoms with E-state index in [1.807, 2.05) is 6.07 Å². The van der Waals surface area contributed by atoms with Gasteiger partial charge in [0.2, 0.25) is 0 Å². The zero-order valence-electron chi connectivity index (χ0n) is 9.53. The second kappa shape index (κ2) is 5.52. The largest absolute Gasteiger partial charge is 0.416 e. The van der Waals surface area contributed by atoms with Crippen LogP contribution in [0.4, 0.5) is 24.5 Å². The first kappa shape index (κ1) is 13.7. The minimum atomic E-state index is -4.33. The summed E-state index contributed by atoms with van der Waals surface area (Å²) in [7, 11) is 0. The summed E-state index contributed by atoms with van der Waals surface area (Å²) in [5.74, 6) is 0. The van der Waals surface area contributed by atoms with Crippen molar-refractivity contribution in [1.29, 1.82) is 0 Å². The normalized spacial score (nSPS) is 12.0. The molecule has 0 fully saturated rings. The lowest BCUT2D eigenvalue weighted by molar-refractivity contribution is -0.137. The van der Waals surface area contributed by atoms with E-state index in [0.29, 0.717) is 11.4 Å². The Morgan fingerprint density at radius 3 is 2.05 bits per heavy atom. The minimum Gasteiger partial charge on any atom is -0.166 e. The maximum Gasteiger partial charge on any atom is 0.416 e. The van der Waals surface area contributed by atoms with Crippen molar-refractivity contribution in [3.05, 3.63) is 58.6 Å². The van der Waals surface area contributed by atoms with Crippen LogP contribution in [-0.2, 0) is 6.18 Å². The monoisotopic (exact) mass is 328 g/mol. The molecule has 2 aromatic carbocycles. The standard InChI is InChI=1S/C13H8BrF3N2/c14-10-2-1-3-12(8-10)19-18-11-6-4-9(5-7-11)13(15,16)17/h1-8H. The van der Waals surface area contributed by atoms with E-state index in [2.05, 4.69) is 26.2 Å². The first-order valence-electron chi connectivity index (χ1n) is 5.30. The minimum absolute atomic E-state index is 0.368. The second-order valence-electron chi connectivity index (χ2n) is 3.72. The van der Waals surface area contributed by atoms with Crippen LogP contribution in [0.3, 0.4) is 0 Å². The Morgan fingerprint density at radius 2 is 1.47 bits per heavy atom. The fourth-order valence-electron chi connectivity index (χ4n) is 1.37. The molecule has 2 nitrogen and oxygen atoms in total. The van der Waals surface area contributed by atoms with E-state index in [-0.39, 0.29) is 0 Å². The third-order valence-corrected chi connectivity index (χ3v) is 2.78. The number of halogens is 4. The zero-order chi connectivity index (χ0) is 13.9. The van der Waals surface area contributed by atoms with Crippen LogP contribution in [0.5, 0.6) is 0 Å². The summed E-state index contributed by atoms with van der Waals surface area (Å²) >= 11 is 3.29. The van der Waals surface area contributed by atoms with Crippen LogP contribution in [0.1, 0.15) is 5.56 Å². The van der Waals surface area contributed by atoms with Gasteiger partial charge < -0.3 is 0 Å². The number of rotatable bonds is 2. The molecular weight excluding hydrogens is 321 g/mol. The van der Waals surface area contributed by atoms with Crippen molar-refractivity contribution in [1.82, 2.24) is 0 Å². The summed E-state index contributed by atoms with van der Waals surface area (Å²) < 4.78 is 37.9. The smallest absolute Gasteiger partial charge is 0.166 e. The van der Waals surface area contributed by atoms with Gasteiger partial charge in [-0.05, 0) is 42.5 Å². The highest BCUT2D eigenvalue weighted by Gasteiger charge is 2.29. The van der Waals surface area contributed by atoms with Gasteiger partial charge >= 0.3 is 6.18 Å². The molecule has 0 N–H and O–H groups in total. The van der Waals surface area contributed by atoms with E-state index in [0.717, 1.165) is 16.6 Å². The molecule has 2 aromatic rings. The van der Waals surface area contributed by atoms with Gasteiger partial charge in [-0.25, -0.2) is 0 Å². The molecule has 0 spiro atoms. The van der Waals surface area contributed by atoms with Crippen LogP contribution < -0.4 is 0 Å². The molecule has 0 saturated carbocycles. The van der Waals surface area contributed by atoms with Crippen LogP contribution in [0.15, 0.2) is 63.2 Å². The van der Waals surface area contributed by atoms with Gasteiger partial charge in [-0.2, -0.15) is 23.4 Å². The molecule has 98 valence electrons. The van der Waals surface area contributed by atoms with Crippen molar-refractivity contribution >= 4 is 27.3 Å². The summed E-state index contributed by atoms with van der Waals surface area (Å²) in [6, 6.07) is 11.7. The van der Waals surface area contributed by atoms with E-state index >= 15 is 0 Å². The highest BCUT2D eigenvalue weighted by Crippen LogP contribution is 2.30. The molecular formula is C13H8BrF3N2. The van der Waals surface area contributed by atoms with Crippen LogP contribution in [0, 0.1) is 0 Å². The van der Waals surface area contributed by atoms with Gasteiger partial charge in [0.1, 0.15) is 0 Å². The van der Waals surface area contributed by atoms with Crippen LogP contribution in [-0.4, -0.2) is 0 Å². The molecule has 0 aliphatic carbocycles. The Morgan fingerprint density at radius 1 is 0.842 bits per heavy atom. The Kier molecular flexibility index (Phi) is 3.99. The summed E-state index contributed by atoms with van der Waals surface area (Å²) in [6.07, 6.45) is -4.33. The van der Waals surface area contributed by atoms with Gasteiger partial charge in [-0.15, -0.1) is 0 Å². The van der Waals surface area contributed by atoms with E-state index < -0.39 is 11.7 Å². The van der Waals surface area contributed by atoms with Gasteiger partial charge in [-0.1, -0.05) is 22.0 Å². The van der Waals surface area contributed by atoms with Crippen molar-refractivity contribution < 1.29 is 13.2 Å². The molecule has 0 heterocycles. The molecule has 0 aliphatic rings. The molecule has 0 radical (unpaired) electrons. The number of hydrogen-bond donors (Lipinski definition) is 0. The highest BCUT2D eigenvalue weighted by atomic mass is 79.9. The Balaban J connectivity index is 2.16. The predicted molar refractivity (Wildman–Crippen MR) is 69.8 cm³/mol. The van der Waals surface area contributed by atoms with E-state index in [4.69, 9.17) is 0 Å². The lowest BCUT2D eigenvalue weighted by Gasteiger charge is -2.05. The van der Waals surface area contributed by atoms with Crippen molar-refractivity contribution in [2.75, 3.05) is 0 Å². The van der Waals surface area contributed by atoms with Gasteiger partial charge in [0.05, 0.1) is 16.9 Å². The highest BCUT2D eigenvalue weighted by molar-refractivity contribution is 9.10. The molecule has 0 unspecified atom stereocenters. The first-order chi connectivity index (χ1) is 8.95. The average molecular weight is 329 g/mol. The molecule has 0 aromatic heterocycles. The second-order valence-corrected chi connectivity index (χ2v) is 4.64. The van der Waals surface area contributed by atoms with Gasteiger partial charge in [-0.3, -0.25) is 0 Å². The van der Waals surface area contributed by atoms with Crippen LogP contribution in [0.2, 0.25) is 0 Å². The molecule has 0 aliphatic heterocycles.